The Morgan fingerprint density at radius 3 is 2.41 bits per heavy atom. The van der Waals surface area contributed by atoms with Crippen LogP contribution in [0.15, 0.2) is 0 Å². The van der Waals surface area contributed by atoms with E-state index in [-0.39, 0.29) is 13.4 Å². The van der Waals surface area contributed by atoms with Gasteiger partial charge in [0.1, 0.15) is 0 Å². The molecule has 0 atom stereocenters. The van der Waals surface area contributed by atoms with Gasteiger partial charge in [0, 0.05) is 47.3 Å². The highest BCUT2D eigenvalue weighted by Crippen LogP contribution is 2.00. The van der Waals surface area contributed by atoms with Gasteiger partial charge in [0.05, 0.1) is 13.2 Å². The lowest BCUT2D eigenvalue weighted by Crippen LogP contribution is -2.50. The van der Waals surface area contributed by atoms with E-state index < -0.39 is 0 Å². The Morgan fingerprint density at radius 1 is 1.29 bits per heavy atom. The number of carbonyl (C=O) groups excluding carboxylic acids is 1. The second-order valence-electron chi connectivity index (χ2n) is 4.83. The largest absolute Gasteiger partial charge is 0.383 e. The van der Waals surface area contributed by atoms with Crippen molar-refractivity contribution < 1.29 is 11.0 Å². The average molecular weight is 245 g/mol. The molecule has 5 nitrogen and oxygen atoms in total. The highest BCUT2D eigenvalue weighted by molar-refractivity contribution is 5.78. The molecule has 0 bridgehead atoms. The molecule has 0 spiro atoms. The minimum absolute atomic E-state index is 0. The maximum atomic E-state index is 11.6. The summed E-state index contributed by atoms with van der Waals surface area (Å²) in [7, 11) is 1.73. The van der Waals surface area contributed by atoms with E-state index in [1.807, 2.05) is 13.8 Å². The van der Waals surface area contributed by atoms with E-state index in [0.29, 0.717) is 6.54 Å². The van der Waals surface area contributed by atoms with Crippen LogP contribution in [0.25, 0.3) is 0 Å². The van der Waals surface area contributed by atoms with Crippen LogP contribution in [0.2, 0.25) is 0 Å². The van der Waals surface area contributed by atoms with Crippen molar-refractivity contribution in [3.05, 3.63) is 0 Å². The van der Waals surface area contributed by atoms with Crippen molar-refractivity contribution in [3.8, 4) is 0 Å². The first-order valence-electron chi connectivity index (χ1n) is 6.35. The molecule has 0 aromatic carbocycles. The molecule has 102 valence electrons. The molecule has 1 rings (SSSR count). The van der Waals surface area contributed by atoms with Gasteiger partial charge >= 0.3 is 0 Å². The normalized spacial score (nSPS) is 18.6. The molecule has 0 saturated carbocycles. The zero-order valence-corrected chi connectivity index (χ0v) is 11.2. The molecule has 5 heteroatoms. The monoisotopic (exact) mass is 245 g/mol. The van der Waals surface area contributed by atoms with Crippen molar-refractivity contribution in [3.63, 3.8) is 0 Å². The number of hydrogen-bond donors (Lipinski definition) is 1. The van der Waals surface area contributed by atoms with Gasteiger partial charge in [0.15, 0.2) is 0 Å². The number of amides is 1. The molecule has 1 fully saturated rings. The fourth-order valence-corrected chi connectivity index (χ4v) is 1.96. The van der Waals surface area contributed by atoms with Crippen molar-refractivity contribution in [2.24, 2.45) is 0 Å². The van der Waals surface area contributed by atoms with Gasteiger partial charge in [-0.05, 0) is 13.8 Å². The molecule has 0 aromatic rings. The molecule has 0 aliphatic carbocycles. The minimum atomic E-state index is 0. The topological polar surface area (TPSA) is 44.8 Å². The molecular formula is C12H27N3O2. The summed E-state index contributed by atoms with van der Waals surface area (Å²) >= 11 is 0. The maximum Gasteiger partial charge on any atom is 0.234 e. The number of piperazine rings is 1. The Kier molecular flexibility index (Phi) is 6.47. The van der Waals surface area contributed by atoms with Gasteiger partial charge in [0.2, 0.25) is 5.91 Å². The second kappa shape index (κ2) is 7.63. The molecule has 0 unspecified atom stereocenters. The number of nitrogens with zero attached hydrogens (tertiary/aromatic N) is 2. The lowest BCUT2D eigenvalue weighted by Gasteiger charge is -2.34. The van der Waals surface area contributed by atoms with Crippen molar-refractivity contribution in [2.45, 2.75) is 19.9 Å². The lowest BCUT2D eigenvalue weighted by molar-refractivity contribution is -0.123. The molecule has 1 aliphatic rings. The average Bonchev–Trinajstić information content (AvgIpc) is 2.27. The zero-order chi connectivity index (χ0) is 12.7. The van der Waals surface area contributed by atoms with Gasteiger partial charge in [-0.25, -0.2) is 0 Å². The molecule has 1 heterocycles. The Labute approximate surface area is 106 Å². The van der Waals surface area contributed by atoms with E-state index >= 15 is 0 Å². The fraction of sp³-hybridized carbons (Fsp3) is 0.917. The van der Waals surface area contributed by atoms with Crippen LogP contribution in [0.4, 0.5) is 0 Å². The molecule has 1 saturated heterocycles. The number of ether oxygens (including phenoxy) is 1. The molecular weight excluding hydrogens is 218 g/mol. The van der Waals surface area contributed by atoms with Crippen LogP contribution in [0.1, 0.15) is 15.3 Å². The van der Waals surface area contributed by atoms with Crippen molar-refractivity contribution >= 4 is 5.91 Å². The van der Waals surface area contributed by atoms with E-state index in [4.69, 9.17) is 4.74 Å². The van der Waals surface area contributed by atoms with Crippen molar-refractivity contribution in [1.82, 2.24) is 15.1 Å². The highest BCUT2D eigenvalue weighted by atomic mass is 16.5. The Bertz CT molecular complexity index is 231. The van der Waals surface area contributed by atoms with Gasteiger partial charge in [-0.3, -0.25) is 14.6 Å². The van der Waals surface area contributed by atoms with Crippen molar-refractivity contribution in [1.29, 1.82) is 0 Å². The summed E-state index contributed by atoms with van der Waals surface area (Å²) in [6.45, 7) is 10.3. The van der Waals surface area contributed by atoms with E-state index in [2.05, 4.69) is 15.1 Å². The number of carbonyl (C=O) groups is 1. The summed E-state index contributed by atoms with van der Waals surface area (Å²) in [5, 5.41) is 2.92. The fourth-order valence-electron chi connectivity index (χ4n) is 1.96. The van der Waals surface area contributed by atoms with Crippen LogP contribution in [0, 0.1) is 0 Å². The Hall–Kier alpha value is -0.650. The van der Waals surface area contributed by atoms with Gasteiger partial charge < -0.3 is 10.1 Å². The second-order valence-corrected chi connectivity index (χ2v) is 4.83. The first-order chi connectivity index (χ1) is 8.11. The molecule has 0 radical (unpaired) electrons. The van der Waals surface area contributed by atoms with E-state index in [0.717, 1.165) is 39.3 Å². The Balaban J connectivity index is 0.00000289. The quantitative estimate of drug-likeness (QED) is 0.716. The van der Waals surface area contributed by atoms with Gasteiger partial charge in [-0.1, -0.05) is 0 Å². The summed E-state index contributed by atoms with van der Waals surface area (Å²) in [6.07, 6.45) is 0. The number of rotatable bonds is 6. The SMILES string of the molecule is COCCN1CCN(CC(=O)NC(C)C)CC1.[HH]. The highest BCUT2D eigenvalue weighted by Gasteiger charge is 2.18. The van der Waals surface area contributed by atoms with Crippen LogP contribution in [0.5, 0.6) is 0 Å². The third-order valence-corrected chi connectivity index (χ3v) is 2.89. The van der Waals surface area contributed by atoms with Crippen LogP contribution in [-0.2, 0) is 9.53 Å². The van der Waals surface area contributed by atoms with Crippen LogP contribution >= 0.6 is 0 Å². The van der Waals surface area contributed by atoms with Gasteiger partial charge in [-0.15, -0.1) is 0 Å². The summed E-state index contributed by atoms with van der Waals surface area (Å²) in [6, 6.07) is 0.227. The van der Waals surface area contributed by atoms with Crippen LogP contribution < -0.4 is 5.32 Å². The minimum Gasteiger partial charge on any atom is -0.383 e. The smallest absolute Gasteiger partial charge is 0.234 e. The third-order valence-electron chi connectivity index (χ3n) is 2.89. The summed E-state index contributed by atoms with van der Waals surface area (Å²) in [5.41, 5.74) is 0. The lowest BCUT2D eigenvalue weighted by atomic mass is 10.3. The molecule has 1 N–H and O–H groups in total. The predicted octanol–water partition coefficient (Wildman–Crippen LogP) is 0.0210. The number of nitrogens with one attached hydrogen (secondary N) is 1. The van der Waals surface area contributed by atoms with Crippen molar-refractivity contribution in [2.75, 3.05) is 53.0 Å². The molecule has 1 aliphatic heterocycles. The van der Waals surface area contributed by atoms with Gasteiger partial charge in [-0.2, -0.15) is 0 Å². The first kappa shape index (κ1) is 14.4. The summed E-state index contributed by atoms with van der Waals surface area (Å²) in [4.78, 5) is 16.2. The molecule has 17 heavy (non-hydrogen) atoms. The predicted molar refractivity (Wildman–Crippen MR) is 70.1 cm³/mol. The van der Waals surface area contributed by atoms with Crippen LogP contribution in [-0.4, -0.2) is 74.7 Å². The molecule has 1 amide bonds. The number of methoxy groups -OCH3 is 1. The van der Waals surface area contributed by atoms with E-state index in [9.17, 15) is 4.79 Å². The van der Waals surface area contributed by atoms with Gasteiger partial charge in [0.25, 0.3) is 0 Å². The number of hydrogen-bond acceptors (Lipinski definition) is 4. The zero-order valence-electron chi connectivity index (χ0n) is 11.2. The first-order valence-corrected chi connectivity index (χ1v) is 6.35. The van der Waals surface area contributed by atoms with Crippen LogP contribution in [0.3, 0.4) is 0 Å². The van der Waals surface area contributed by atoms with E-state index in [1.54, 1.807) is 7.11 Å². The summed E-state index contributed by atoms with van der Waals surface area (Å²) in [5.74, 6) is 0.130. The summed E-state index contributed by atoms with van der Waals surface area (Å²) < 4.78 is 5.06. The maximum absolute atomic E-state index is 11.6. The Morgan fingerprint density at radius 2 is 1.88 bits per heavy atom. The standard InChI is InChI=1S/C12H25N3O2.H2/c1-11(2)13-12(16)10-15-6-4-14(5-7-15)8-9-17-3;/h11H,4-10H2,1-3H3,(H,13,16);1H. The third kappa shape index (κ3) is 6.00. The van der Waals surface area contributed by atoms with E-state index in [1.165, 1.54) is 0 Å². The molecule has 0 aromatic heterocycles.